The first-order valence-corrected chi connectivity index (χ1v) is 15.5. The Labute approximate surface area is 247 Å². The van der Waals surface area contributed by atoms with Gasteiger partial charge in [-0.05, 0) is 74.7 Å². The number of benzene rings is 3. The summed E-state index contributed by atoms with van der Waals surface area (Å²) >= 11 is 0. The van der Waals surface area contributed by atoms with Gasteiger partial charge in [0.15, 0.2) is 0 Å². The summed E-state index contributed by atoms with van der Waals surface area (Å²) in [5.41, 5.74) is 2.33. The van der Waals surface area contributed by atoms with Crippen LogP contribution in [-0.4, -0.2) is 43.7 Å². The monoisotopic (exact) mass is 559 g/mol. The minimum atomic E-state index is -0.229. The summed E-state index contributed by atoms with van der Waals surface area (Å²) in [6.45, 7) is 4.90. The van der Waals surface area contributed by atoms with Crippen LogP contribution in [0.4, 0.5) is 0 Å². The number of esters is 1. The second-order valence-electron chi connectivity index (χ2n) is 10.8. The van der Waals surface area contributed by atoms with Gasteiger partial charge in [-0.1, -0.05) is 106 Å². The summed E-state index contributed by atoms with van der Waals surface area (Å²) in [7, 11) is 2.05. The van der Waals surface area contributed by atoms with Crippen LogP contribution >= 0.6 is 0 Å². The number of unbranched alkanes of at least 4 members (excludes halogenated alkanes) is 7. The van der Waals surface area contributed by atoms with E-state index in [-0.39, 0.29) is 12.0 Å². The van der Waals surface area contributed by atoms with Gasteiger partial charge in [0, 0.05) is 0 Å². The predicted octanol–water partition coefficient (Wildman–Crippen LogP) is 8.26. The summed E-state index contributed by atoms with van der Waals surface area (Å²) in [5, 5.41) is 0. The number of hydrogen-bond donors (Lipinski definition) is 0. The normalized spacial score (nSPS) is 11.8. The molecule has 41 heavy (non-hydrogen) atoms. The topological polar surface area (TPSA) is 48.0 Å². The lowest BCUT2D eigenvalue weighted by atomic mass is 10.0. The number of nitrogens with zero attached hydrogens (tertiary/aromatic N) is 1. The fourth-order valence-electron chi connectivity index (χ4n) is 4.77. The summed E-state index contributed by atoms with van der Waals surface area (Å²) in [4.78, 5) is 15.1. The van der Waals surface area contributed by atoms with Gasteiger partial charge in [0.25, 0.3) is 0 Å². The lowest BCUT2D eigenvalue weighted by Crippen LogP contribution is -2.42. The van der Waals surface area contributed by atoms with Crippen molar-refractivity contribution in [3.05, 3.63) is 96.1 Å². The highest BCUT2D eigenvalue weighted by Gasteiger charge is 2.24. The summed E-state index contributed by atoms with van der Waals surface area (Å²) in [6.07, 6.45) is 10.6. The molecule has 0 amide bonds. The molecule has 0 saturated heterocycles. The fraction of sp³-hybridized carbons (Fsp3) is 0.472. The van der Waals surface area contributed by atoms with Crippen LogP contribution in [0, 0.1) is 0 Å². The van der Waals surface area contributed by atoms with Crippen LogP contribution in [0.3, 0.4) is 0 Å². The molecule has 1 unspecified atom stereocenters. The summed E-state index contributed by atoms with van der Waals surface area (Å²) in [5.74, 6) is 1.62. The van der Waals surface area contributed by atoms with E-state index < -0.39 is 0 Å². The van der Waals surface area contributed by atoms with E-state index in [4.69, 9.17) is 14.2 Å². The quantitative estimate of drug-likeness (QED) is 0.0971. The SMILES string of the molecule is CCCCCN(C)C(Cc1ccccc1)C(=O)OCCCCCCCCOc1ccc(OCc2ccccc2)cc1. The van der Waals surface area contributed by atoms with Gasteiger partial charge in [-0.15, -0.1) is 0 Å². The highest BCUT2D eigenvalue weighted by Crippen LogP contribution is 2.19. The average molecular weight is 560 g/mol. The molecule has 0 saturated carbocycles. The number of ether oxygens (including phenoxy) is 3. The van der Waals surface area contributed by atoms with E-state index in [2.05, 4.69) is 36.1 Å². The molecule has 5 nitrogen and oxygen atoms in total. The first-order chi connectivity index (χ1) is 20.2. The number of hydrogen-bond acceptors (Lipinski definition) is 5. The van der Waals surface area contributed by atoms with Crippen LogP contribution in [0.1, 0.15) is 75.8 Å². The van der Waals surface area contributed by atoms with Crippen molar-refractivity contribution in [2.75, 3.05) is 26.8 Å². The van der Waals surface area contributed by atoms with Crippen molar-refractivity contribution in [3.63, 3.8) is 0 Å². The van der Waals surface area contributed by atoms with Gasteiger partial charge >= 0.3 is 5.97 Å². The molecule has 0 radical (unpaired) electrons. The van der Waals surface area contributed by atoms with E-state index in [9.17, 15) is 4.79 Å². The average Bonchev–Trinajstić information content (AvgIpc) is 3.01. The van der Waals surface area contributed by atoms with Crippen molar-refractivity contribution in [1.29, 1.82) is 0 Å². The number of likely N-dealkylation sites (N-methyl/N-ethyl adjacent to an activating group) is 1. The van der Waals surface area contributed by atoms with Gasteiger partial charge in [0.2, 0.25) is 0 Å². The predicted molar refractivity (Wildman–Crippen MR) is 167 cm³/mol. The molecule has 222 valence electrons. The van der Waals surface area contributed by atoms with Crippen LogP contribution in [0.5, 0.6) is 11.5 Å². The summed E-state index contributed by atoms with van der Waals surface area (Å²) < 4.78 is 17.5. The van der Waals surface area contributed by atoms with Gasteiger partial charge < -0.3 is 14.2 Å². The number of carbonyl (C=O) groups is 1. The zero-order chi connectivity index (χ0) is 29.0. The van der Waals surface area contributed by atoms with Crippen LogP contribution < -0.4 is 9.47 Å². The Morgan fingerprint density at radius 2 is 1.22 bits per heavy atom. The Balaban J connectivity index is 1.23. The zero-order valence-corrected chi connectivity index (χ0v) is 25.1. The van der Waals surface area contributed by atoms with Crippen molar-refractivity contribution >= 4 is 5.97 Å². The second kappa shape index (κ2) is 19.7. The maximum atomic E-state index is 13.0. The van der Waals surface area contributed by atoms with Crippen LogP contribution in [-0.2, 0) is 22.6 Å². The third-order valence-corrected chi connectivity index (χ3v) is 7.31. The van der Waals surface area contributed by atoms with Gasteiger partial charge in [-0.3, -0.25) is 9.69 Å². The van der Waals surface area contributed by atoms with Crippen molar-refractivity contribution in [3.8, 4) is 11.5 Å². The third kappa shape index (κ3) is 13.3. The van der Waals surface area contributed by atoms with Crippen molar-refractivity contribution in [1.82, 2.24) is 4.90 Å². The van der Waals surface area contributed by atoms with E-state index in [1.54, 1.807) is 0 Å². The van der Waals surface area contributed by atoms with E-state index >= 15 is 0 Å². The van der Waals surface area contributed by atoms with Crippen molar-refractivity contribution in [2.24, 2.45) is 0 Å². The van der Waals surface area contributed by atoms with Crippen molar-refractivity contribution in [2.45, 2.75) is 83.8 Å². The molecule has 3 aromatic carbocycles. The first-order valence-electron chi connectivity index (χ1n) is 15.5. The summed E-state index contributed by atoms with van der Waals surface area (Å²) in [6, 6.07) is 28.0. The fourth-order valence-corrected chi connectivity index (χ4v) is 4.77. The van der Waals surface area contributed by atoms with E-state index in [0.29, 0.717) is 19.6 Å². The lowest BCUT2D eigenvalue weighted by molar-refractivity contribution is -0.149. The van der Waals surface area contributed by atoms with Crippen LogP contribution in [0.25, 0.3) is 0 Å². The van der Waals surface area contributed by atoms with Gasteiger partial charge in [-0.2, -0.15) is 0 Å². The molecule has 0 N–H and O–H groups in total. The molecule has 0 spiro atoms. The molecule has 0 aliphatic heterocycles. The molecule has 0 aliphatic carbocycles. The Bertz CT molecular complexity index is 1070. The van der Waals surface area contributed by atoms with Crippen LogP contribution in [0.15, 0.2) is 84.9 Å². The van der Waals surface area contributed by atoms with Gasteiger partial charge in [0.05, 0.1) is 13.2 Å². The van der Waals surface area contributed by atoms with E-state index in [1.807, 2.05) is 67.7 Å². The number of carbonyl (C=O) groups excluding carboxylic acids is 1. The molecular weight excluding hydrogens is 510 g/mol. The van der Waals surface area contributed by atoms with Crippen molar-refractivity contribution < 1.29 is 19.0 Å². The molecule has 0 aliphatic rings. The molecule has 5 heteroatoms. The zero-order valence-electron chi connectivity index (χ0n) is 25.1. The Morgan fingerprint density at radius 1 is 0.659 bits per heavy atom. The molecule has 0 aromatic heterocycles. The largest absolute Gasteiger partial charge is 0.494 e. The first kappa shape index (κ1) is 32.2. The molecule has 0 bridgehead atoms. The van der Waals surface area contributed by atoms with Gasteiger partial charge in [-0.25, -0.2) is 0 Å². The number of rotatable bonds is 21. The lowest BCUT2D eigenvalue weighted by Gasteiger charge is -2.26. The maximum Gasteiger partial charge on any atom is 0.323 e. The molecule has 1 atom stereocenters. The highest BCUT2D eigenvalue weighted by atomic mass is 16.5. The third-order valence-electron chi connectivity index (χ3n) is 7.31. The van der Waals surface area contributed by atoms with Crippen LogP contribution in [0.2, 0.25) is 0 Å². The van der Waals surface area contributed by atoms with E-state index in [1.165, 1.54) is 24.8 Å². The molecule has 3 aromatic rings. The molecular formula is C36H49NO4. The smallest absolute Gasteiger partial charge is 0.323 e. The highest BCUT2D eigenvalue weighted by molar-refractivity contribution is 5.76. The minimum Gasteiger partial charge on any atom is -0.494 e. The minimum absolute atomic E-state index is 0.0965. The maximum absolute atomic E-state index is 13.0. The van der Waals surface area contributed by atoms with E-state index in [0.717, 1.165) is 68.7 Å². The van der Waals surface area contributed by atoms with Gasteiger partial charge in [0.1, 0.15) is 24.1 Å². The Hall–Kier alpha value is -3.31. The Kier molecular flexibility index (Phi) is 15.5. The molecule has 3 rings (SSSR count). The molecule has 0 heterocycles. The second-order valence-corrected chi connectivity index (χ2v) is 10.8. The standard InChI is InChI=1S/C36H49NO4/c1-3-4-15-26-37(2)35(29-31-18-11-9-12-19-31)36(38)40-28-17-8-6-5-7-16-27-39-33-22-24-34(25-23-33)41-30-32-20-13-10-14-21-32/h9-14,18-25,35H,3-8,15-17,26-30H2,1-2H3. The Morgan fingerprint density at radius 3 is 1.85 bits per heavy atom. The molecule has 0 fully saturated rings.